The van der Waals surface area contributed by atoms with Gasteiger partial charge < -0.3 is 9.47 Å². The number of benzene rings is 2. The number of Topliss-reactive ketones (excluding diaryl/α,β-unsaturated/α-hetero) is 1. The van der Waals surface area contributed by atoms with Crippen LogP contribution in [0.25, 0.3) is 5.69 Å². The lowest BCUT2D eigenvalue weighted by Gasteiger charge is -2.12. The Morgan fingerprint density at radius 3 is 2.36 bits per heavy atom. The van der Waals surface area contributed by atoms with Gasteiger partial charge in [-0.05, 0) is 69.3 Å². The largest absolute Gasteiger partial charge is 0.493 e. The number of carbonyl (C=O) groups excluding carboxylic acids is 2. The second-order valence-electron chi connectivity index (χ2n) is 6.32. The average molecular weight is 378 g/mol. The van der Waals surface area contributed by atoms with Gasteiger partial charge in [0.15, 0.2) is 5.78 Å². The van der Waals surface area contributed by atoms with E-state index in [1.54, 1.807) is 41.2 Å². The zero-order valence-electron chi connectivity index (χ0n) is 16.1. The predicted molar refractivity (Wildman–Crippen MR) is 105 cm³/mol. The second-order valence-corrected chi connectivity index (χ2v) is 6.32. The zero-order valence-corrected chi connectivity index (χ0v) is 16.1. The number of nitrogens with zero attached hydrogens (tertiary/aromatic N) is 2. The van der Waals surface area contributed by atoms with E-state index in [9.17, 15) is 9.59 Å². The number of aromatic nitrogens is 2. The van der Waals surface area contributed by atoms with Crippen LogP contribution in [0.1, 0.15) is 45.8 Å². The number of ether oxygens (including phenoxy) is 2. The van der Waals surface area contributed by atoms with Crippen molar-refractivity contribution < 1.29 is 19.1 Å². The SMILES string of the molecule is CCOc1ccc(C(C)=O)cc1COC(=O)c1ccc(-n2nccc2C)cc1. The van der Waals surface area contributed by atoms with E-state index in [0.717, 1.165) is 11.4 Å². The normalized spacial score (nSPS) is 10.5. The minimum Gasteiger partial charge on any atom is -0.493 e. The number of hydrogen-bond donors (Lipinski definition) is 0. The van der Waals surface area contributed by atoms with E-state index in [1.807, 2.05) is 32.0 Å². The van der Waals surface area contributed by atoms with Gasteiger partial charge in [-0.1, -0.05) is 0 Å². The number of esters is 1. The van der Waals surface area contributed by atoms with E-state index >= 15 is 0 Å². The molecule has 0 aliphatic carbocycles. The van der Waals surface area contributed by atoms with Crippen molar-refractivity contribution in [2.75, 3.05) is 6.61 Å². The molecule has 28 heavy (non-hydrogen) atoms. The monoisotopic (exact) mass is 378 g/mol. The molecule has 2 aromatic carbocycles. The molecule has 0 saturated heterocycles. The van der Waals surface area contributed by atoms with E-state index in [2.05, 4.69) is 5.10 Å². The molecule has 0 bridgehead atoms. The summed E-state index contributed by atoms with van der Waals surface area (Å²) in [6.45, 7) is 5.83. The van der Waals surface area contributed by atoms with Crippen LogP contribution in [-0.2, 0) is 11.3 Å². The number of ketones is 1. The van der Waals surface area contributed by atoms with Crippen molar-refractivity contribution >= 4 is 11.8 Å². The Labute approximate surface area is 163 Å². The third kappa shape index (κ3) is 4.28. The van der Waals surface area contributed by atoms with Gasteiger partial charge in [-0.2, -0.15) is 5.10 Å². The lowest BCUT2D eigenvalue weighted by molar-refractivity contribution is 0.0469. The number of aryl methyl sites for hydroxylation is 1. The first-order valence-electron chi connectivity index (χ1n) is 9.04. The highest BCUT2D eigenvalue weighted by Gasteiger charge is 2.12. The van der Waals surface area contributed by atoms with E-state index in [1.165, 1.54) is 6.92 Å². The number of carbonyl (C=O) groups is 2. The van der Waals surface area contributed by atoms with Crippen LogP contribution in [0.15, 0.2) is 54.7 Å². The molecule has 0 aliphatic rings. The smallest absolute Gasteiger partial charge is 0.338 e. The average Bonchev–Trinajstić information content (AvgIpc) is 3.13. The van der Waals surface area contributed by atoms with Crippen molar-refractivity contribution in [1.29, 1.82) is 0 Å². The molecule has 0 amide bonds. The van der Waals surface area contributed by atoms with Crippen LogP contribution in [0, 0.1) is 6.92 Å². The molecule has 6 nitrogen and oxygen atoms in total. The zero-order chi connectivity index (χ0) is 20.1. The second kappa shape index (κ2) is 8.52. The molecule has 144 valence electrons. The molecule has 1 heterocycles. The maximum atomic E-state index is 12.4. The summed E-state index contributed by atoms with van der Waals surface area (Å²) in [4.78, 5) is 24.0. The lowest BCUT2D eigenvalue weighted by atomic mass is 10.1. The molecular weight excluding hydrogens is 356 g/mol. The summed E-state index contributed by atoms with van der Waals surface area (Å²) in [6.07, 6.45) is 1.72. The Morgan fingerprint density at radius 1 is 1.04 bits per heavy atom. The Bertz CT molecular complexity index is 990. The van der Waals surface area contributed by atoms with Gasteiger partial charge >= 0.3 is 5.97 Å². The fourth-order valence-electron chi connectivity index (χ4n) is 2.81. The predicted octanol–water partition coefficient (Wildman–Crippen LogP) is 4.14. The Balaban J connectivity index is 1.72. The van der Waals surface area contributed by atoms with Gasteiger partial charge in [-0.15, -0.1) is 0 Å². The topological polar surface area (TPSA) is 70.4 Å². The summed E-state index contributed by atoms with van der Waals surface area (Å²) in [7, 11) is 0. The lowest BCUT2D eigenvalue weighted by Crippen LogP contribution is -2.08. The van der Waals surface area contributed by atoms with Gasteiger partial charge in [0, 0.05) is 23.0 Å². The van der Waals surface area contributed by atoms with Gasteiger partial charge in [-0.3, -0.25) is 4.79 Å². The standard InChI is InChI=1S/C22H22N2O4/c1-4-27-21-10-7-18(16(3)25)13-19(21)14-28-22(26)17-5-8-20(9-6-17)24-15(2)11-12-23-24/h5-13H,4,14H2,1-3H3. The summed E-state index contributed by atoms with van der Waals surface area (Å²) < 4.78 is 12.8. The minimum absolute atomic E-state index is 0.0231. The van der Waals surface area contributed by atoms with Crippen LogP contribution in [0.4, 0.5) is 0 Å². The summed E-state index contributed by atoms with van der Waals surface area (Å²) in [5.41, 5.74) is 3.52. The summed E-state index contributed by atoms with van der Waals surface area (Å²) in [6, 6.07) is 14.1. The van der Waals surface area contributed by atoms with Crippen molar-refractivity contribution in [1.82, 2.24) is 9.78 Å². The fourth-order valence-corrected chi connectivity index (χ4v) is 2.81. The fraction of sp³-hybridized carbons (Fsp3) is 0.227. The van der Waals surface area contributed by atoms with Crippen LogP contribution >= 0.6 is 0 Å². The van der Waals surface area contributed by atoms with Gasteiger partial charge in [0.05, 0.1) is 17.9 Å². The van der Waals surface area contributed by atoms with Crippen molar-refractivity contribution in [3.8, 4) is 11.4 Å². The Kier molecular flexibility index (Phi) is 5.89. The molecular formula is C22H22N2O4. The maximum absolute atomic E-state index is 12.4. The van der Waals surface area contributed by atoms with Crippen molar-refractivity contribution in [2.45, 2.75) is 27.4 Å². The molecule has 0 aliphatic heterocycles. The highest BCUT2D eigenvalue weighted by atomic mass is 16.5. The van der Waals surface area contributed by atoms with Crippen LogP contribution in [0.5, 0.6) is 5.75 Å². The van der Waals surface area contributed by atoms with Gasteiger partial charge in [-0.25, -0.2) is 9.48 Å². The molecule has 3 rings (SSSR count). The van der Waals surface area contributed by atoms with E-state index in [4.69, 9.17) is 9.47 Å². The molecule has 0 fully saturated rings. The third-order valence-electron chi connectivity index (χ3n) is 4.31. The molecule has 3 aromatic rings. The summed E-state index contributed by atoms with van der Waals surface area (Å²) in [5, 5.41) is 4.25. The Hall–Kier alpha value is -3.41. The molecule has 0 saturated carbocycles. The van der Waals surface area contributed by atoms with Crippen LogP contribution in [0.2, 0.25) is 0 Å². The molecule has 0 atom stereocenters. The van der Waals surface area contributed by atoms with Crippen LogP contribution in [0.3, 0.4) is 0 Å². The molecule has 0 unspecified atom stereocenters. The molecule has 0 radical (unpaired) electrons. The number of rotatable bonds is 7. The quantitative estimate of drug-likeness (QED) is 0.456. The first-order chi connectivity index (χ1) is 13.5. The van der Waals surface area contributed by atoms with Crippen molar-refractivity contribution in [3.63, 3.8) is 0 Å². The maximum Gasteiger partial charge on any atom is 0.338 e. The van der Waals surface area contributed by atoms with E-state index < -0.39 is 5.97 Å². The molecule has 0 spiro atoms. The van der Waals surface area contributed by atoms with Crippen molar-refractivity contribution in [3.05, 3.63) is 77.1 Å². The molecule has 0 N–H and O–H groups in total. The first-order valence-corrected chi connectivity index (χ1v) is 9.04. The van der Waals surface area contributed by atoms with Crippen LogP contribution < -0.4 is 4.74 Å². The summed E-state index contributed by atoms with van der Waals surface area (Å²) in [5.74, 6) is 0.101. The number of hydrogen-bond acceptors (Lipinski definition) is 5. The Morgan fingerprint density at radius 2 is 1.75 bits per heavy atom. The summed E-state index contributed by atoms with van der Waals surface area (Å²) >= 11 is 0. The van der Waals surface area contributed by atoms with Crippen LogP contribution in [-0.4, -0.2) is 28.1 Å². The van der Waals surface area contributed by atoms with Crippen molar-refractivity contribution in [2.24, 2.45) is 0 Å². The third-order valence-corrected chi connectivity index (χ3v) is 4.31. The highest BCUT2D eigenvalue weighted by Crippen LogP contribution is 2.22. The molecule has 1 aromatic heterocycles. The first kappa shape index (κ1) is 19.4. The van der Waals surface area contributed by atoms with E-state index in [0.29, 0.717) is 29.0 Å². The van der Waals surface area contributed by atoms with E-state index in [-0.39, 0.29) is 12.4 Å². The van der Waals surface area contributed by atoms with Gasteiger partial charge in [0.2, 0.25) is 0 Å². The van der Waals surface area contributed by atoms with Gasteiger partial charge in [0.25, 0.3) is 0 Å². The minimum atomic E-state index is -0.445. The van der Waals surface area contributed by atoms with Gasteiger partial charge in [0.1, 0.15) is 12.4 Å². The molecule has 6 heteroatoms. The highest BCUT2D eigenvalue weighted by molar-refractivity contribution is 5.94.